The summed E-state index contributed by atoms with van der Waals surface area (Å²) in [4.78, 5) is 2.26. The molecule has 1 saturated heterocycles. The van der Waals surface area contributed by atoms with Crippen molar-refractivity contribution < 1.29 is 9.13 Å². The molecule has 1 aliphatic rings. The Labute approximate surface area is 157 Å². The second-order valence-corrected chi connectivity index (χ2v) is 6.18. The highest BCUT2D eigenvalue weighted by atomic mass is 19.1. The number of nitrogens with one attached hydrogen (secondary N) is 4. The van der Waals surface area contributed by atoms with Gasteiger partial charge in [-0.3, -0.25) is 5.41 Å². The molecular formula is C18H24FN7O. The van der Waals surface area contributed by atoms with Crippen LogP contribution < -0.4 is 32.1 Å². The van der Waals surface area contributed by atoms with Crippen LogP contribution in [0.5, 0.6) is 0 Å². The Balaban J connectivity index is 1.57. The molecule has 2 aromatic rings. The number of halogens is 1. The molecular weight excluding hydrogens is 349 g/mol. The molecule has 0 radical (unpaired) electrons. The van der Waals surface area contributed by atoms with Gasteiger partial charge in [0, 0.05) is 18.8 Å². The van der Waals surface area contributed by atoms with Crippen LogP contribution in [0.3, 0.4) is 0 Å². The van der Waals surface area contributed by atoms with E-state index in [1.807, 2.05) is 24.3 Å². The molecule has 9 heteroatoms. The summed E-state index contributed by atoms with van der Waals surface area (Å²) in [5.41, 5.74) is 16.8. The maximum Gasteiger partial charge on any atom is 0.209 e. The lowest BCUT2D eigenvalue weighted by molar-refractivity contribution is 0.122. The lowest BCUT2D eigenvalue weighted by atomic mass is 10.2. The van der Waals surface area contributed by atoms with Crippen LogP contribution in [0.4, 0.5) is 21.5 Å². The van der Waals surface area contributed by atoms with Gasteiger partial charge in [0.05, 0.1) is 24.6 Å². The lowest BCUT2D eigenvalue weighted by Gasteiger charge is -2.29. The minimum absolute atomic E-state index is 0.144. The Morgan fingerprint density at radius 3 is 2.52 bits per heavy atom. The third-order valence-electron chi connectivity index (χ3n) is 4.20. The van der Waals surface area contributed by atoms with Crippen molar-refractivity contribution in [1.82, 2.24) is 11.1 Å². The molecule has 0 amide bonds. The Morgan fingerprint density at radius 2 is 1.89 bits per heavy atom. The minimum Gasteiger partial charge on any atom is -0.378 e. The zero-order valence-corrected chi connectivity index (χ0v) is 15.1. The third kappa shape index (κ3) is 4.85. The van der Waals surface area contributed by atoms with E-state index in [9.17, 15) is 4.39 Å². The van der Waals surface area contributed by atoms with Gasteiger partial charge in [-0.15, -0.1) is 5.53 Å². The van der Waals surface area contributed by atoms with E-state index in [1.54, 1.807) is 19.1 Å². The van der Waals surface area contributed by atoms with Crippen LogP contribution in [0.1, 0.15) is 5.56 Å². The van der Waals surface area contributed by atoms with E-state index in [0.29, 0.717) is 0 Å². The molecule has 0 aliphatic carbocycles. The van der Waals surface area contributed by atoms with Crippen molar-refractivity contribution in [2.45, 2.75) is 6.92 Å². The van der Waals surface area contributed by atoms with E-state index in [-0.39, 0.29) is 11.6 Å². The maximum absolute atomic E-state index is 14.1. The van der Waals surface area contributed by atoms with Gasteiger partial charge in [0.25, 0.3) is 0 Å². The molecule has 8 nitrogen and oxygen atoms in total. The van der Waals surface area contributed by atoms with E-state index in [2.05, 4.69) is 21.4 Å². The van der Waals surface area contributed by atoms with Crippen molar-refractivity contribution in [3.8, 4) is 0 Å². The summed E-state index contributed by atoms with van der Waals surface area (Å²) < 4.78 is 19.5. The van der Waals surface area contributed by atoms with Crippen molar-refractivity contribution in [2.24, 2.45) is 5.73 Å². The molecule has 6 N–H and O–H groups in total. The van der Waals surface area contributed by atoms with E-state index in [4.69, 9.17) is 15.9 Å². The number of benzene rings is 2. The number of anilines is 3. The quantitative estimate of drug-likeness (QED) is 0.298. The summed E-state index contributed by atoms with van der Waals surface area (Å²) in [5.74, 6) is -0.830. The summed E-state index contributed by atoms with van der Waals surface area (Å²) >= 11 is 0. The summed E-state index contributed by atoms with van der Waals surface area (Å²) in [7, 11) is 0. The maximum atomic E-state index is 14.1. The van der Waals surface area contributed by atoms with Crippen molar-refractivity contribution in [3.05, 3.63) is 53.8 Å². The molecule has 0 unspecified atom stereocenters. The number of rotatable bonds is 6. The van der Waals surface area contributed by atoms with Crippen molar-refractivity contribution in [1.29, 1.82) is 5.41 Å². The van der Waals surface area contributed by atoms with Crippen LogP contribution in [0.2, 0.25) is 0 Å². The highest BCUT2D eigenvalue weighted by molar-refractivity contribution is 5.91. The summed E-state index contributed by atoms with van der Waals surface area (Å²) in [6.45, 7) is 5.02. The van der Waals surface area contributed by atoms with Crippen molar-refractivity contribution >= 4 is 23.0 Å². The first-order valence-electron chi connectivity index (χ1n) is 8.64. The predicted molar refractivity (Wildman–Crippen MR) is 105 cm³/mol. The summed E-state index contributed by atoms with van der Waals surface area (Å²) in [6, 6.07) is 12.5. The summed E-state index contributed by atoms with van der Waals surface area (Å²) in [5, 5.41) is 8.76. The van der Waals surface area contributed by atoms with Crippen LogP contribution in [0.15, 0.2) is 42.5 Å². The number of ether oxygens (including phenoxy) is 1. The fourth-order valence-electron chi connectivity index (χ4n) is 2.78. The van der Waals surface area contributed by atoms with Crippen LogP contribution in [0.25, 0.3) is 0 Å². The molecule has 2 aromatic carbocycles. The van der Waals surface area contributed by atoms with E-state index >= 15 is 0 Å². The molecule has 0 bridgehead atoms. The molecule has 144 valence electrons. The minimum atomic E-state index is -0.477. The Morgan fingerprint density at radius 1 is 1.19 bits per heavy atom. The number of guanidine groups is 1. The molecule has 27 heavy (non-hydrogen) atoms. The molecule has 1 fully saturated rings. The average Bonchev–Trinajstić information content (AvgIpc) is 2.67. The molecule has 0 aromatic heterocycles. The second kappa shape index (κ2) is 8.67. The first kappa shape index (κ1) is 18.9. The Kier molecular flexibility index (Phi) is 6.07. The van der Waals surface area contributed by atoms with Gasteiger partial charge in [-0.05, 0) is 48.9 Å². The molecule has 1 aliphatic heterocycles. The van der Waals surface area contributed by atoms with E-state index < -0.39 is 5.82 Å². The standard InChI is InChI=1S/C18H24FN7O/c1-13-2-7-17(16(19)12-13)26(18(20)21)24-23-22-14-3-5-15(6-4-14)25-8-10-27-11-9-25/h2-7,12,22-24H,8-11H2,1H3,(H3,20,21). The van der Waals surface area contributed by atoms with Gasteiger partial charge in [0.2, 0.25) is 5.96 Å². The van der Waals surface area contributed by atoms with Crippen molar-refractivity contribution in [3.63, 3.8) is 0 Å². The second-order valence-electron chi connectivity index (χ2n) is 6.18. The first-order chi connectivity index (χ1) is 13.0. The number of hydrogen-bond acceptors (Lipinski definition) is 6. The highest BCUT2D eigenvalue weighted by Gasteiger charge is 2.14. The van der Waals surface area contributed by atoms with Gasteiger partial charge >= 0.3 is 0 Å². The molecule has 3 rings (SSSR count). The first-order valence-corrected chi connectivity index (χ1v) is 8.64. The van der Waals surface area contributed by atoms with Crippen LogP contribution in [0, 0.1) is 18.2 Å². The SMILES string of the molecule is Cc1ccc(N(NNNc2ccc(N3CCOCC3)cc2)C(=N)N)c(F)c1. The van der Waals surface area contributed by atoms with Gasteiger partial charge in [-0.25, -0.2) is 9.40 Å². The largest absolute Gasteiger partial charge is 0.378 e. The fraction of sp³-hybridized carbons (Fsp3) is 0.278. The molecule has 0 atom stereocenters. The number of aryl methyl sites for hydroxylation is 1. The van der Waals surface area contributed by atoms with Gasteiger partial charge in [0.1, 0.15) is 5.82 Å². The smallest absolute Gasteiger partial charge is 0.209 e. The Bertz CT molecular complexity index is 778. The zero-order valence-electron chi connectivity index (χ0n) is 15.1. The van der Waals surface area contributed by atoms with Gasteiger partial charge in [-0.1, -0.05) is 6.07 Å². The number of nitrogens with two attached hydrogens (primary N) is 1. The van der Waals surface area contributed by atoms with Gasteiger partial charge in [0.15, 0.2) is 0 Å². The van der Waals surface area contributed by atoms with Gasteiger partial charge < -0.3 is 20.8 Å². The zero-order chi connectivity index (χ0) is 19.2. The van der Waals surface area contributed by atoms with E-state index in [1.165, 1.54) is 6.07 Å². The van der Waals surface area contributed by atoms with Crippen LogP contribution in [-0.4, -0.2) is 32.3 Å². The number of hydrogen-bond donors (Lipinski definition) is 5. The Hall–Kier alpha value is -2.88. The number of hydrazine groups is 3. The third-order valence-corrected chi connectivity index (χ3v) is 4.20. The monoisotopic (exact) mass is 373 g/mol. The van der Waals surface area contributed by atoms with E-state index in [0.717, 1.165) is 48.3 Å². The normalized spacial score (nSPS) is 14.1. The lowest BCUT2D eigenvalue weighted by Crippen LogP contribution is -2.55. The fourth-order valence-corrected chi connectivity index (χ4v) is 2.78. The molecule has 0 saturated carbocycles. The number of morpholine rings is 1. The number of nitrogens with zero attached hydrogens (tertiary/aromatic N) is 2. The topological polar surface area (TPSA) is 102 Å². The van der Waals surface area contributed by atoms with Crippen LogP contribution in [-0.2, 0) is 4.74 Å². The molecule has 1 heterocycles. The van der Waals surface area contributed by atoms with Crippen molar-refractivity contribution in [2.75, 3.05) is 41.6 Å². The highest BCUT2D eigenvalue weighted by Crippen LogP contribution is 2.19. The van der Waals surface area contributed by atoms with Gasteiger partial charge in [-0.2, -0.15) is 5.53 Å². The summed E-state index contributed by atoms with van der Waals surface area (Å²) in [6.07, 6.45) is 0. The predicted octanol–water partition coefficient (Wildman–Crippen LogP) is 1.71. The van der Waals surface area contributed by atoms with Crippen LogP contribution >= 0.6 is 0 Å². The molecule has 0 spiro atoms. The average molecular weight is 373 g/mol.